The summed E-state index contributed by atoms with van der Waals surface area (Å²) in [5.41, 5.74) is -0.562. The van der Waals surface area contributed by atoms with Crippen LogP contribution in [0.1, 0.15) is 11.3 Å². The van der Waals surface area contributed by atoms with Gasteiger partial charge in [-0.1, -0.05) is 17.8 Å². The largest absolute Gasteiger partial charge is 0.477 e. The molecule has 2 N–H and O–H groups in total. The SMILES string of the molecule is O=C(CCc1cccs1)NC1C(=O)N2C(C(=O)O)=C(C=CSc3cc(=O)c4cc(F)c(F)c(F)c4s3)CS[C@@H]12. The molecule has 1 saturated heterocycles. The lowest BCUT2D eigenvalue weighted by Crippen LogP contribution is -2.70. The number of aryl methyl sites for hydroxylation is 1. The second-order valence-electron chi connectivity index (χ2n) is 8.43. The summed E-state index contributed by atoms with van der Waals surface area (Å²) in [5, 5.41) is 15.1. The predicted octanol–water partition coefficient (Wildman–Crippen LogP) is 4.72. The van der Waals surface area contributed by atoms with E-state index in [4.69, 9.17) is 0 Å². The highest BCUT2D eigenvalue weighted by Crippen LogP contribution is 2.41. The molecule has 0 saturated carbocycles. The van der Waals surface area contributed by atoms with E-state index in [9.17, 15) is 37.5 Å². The van der Waals surface area contributed by atoms with Crippen LogP contribution >= 0.6 is 46.2 Å². The van der Waals surface area contributed by atoms with E-state index in [1.54, 1.807) is 0 Å². The number of aliphatic carboxylic acids is 1. The molecule has 2 aliphatic heterocycles. The van der Waals surface area contributed by atoms with Crippen molar-refractivity contribution in [3.63, 3.8) is 0 Å². The molecule has 14 heteroatoms. The summed E-state index contributed by atoms with van der Waals surface area (Å²) < 4.78 is 41.3. The Morgan fingerprint density at radius 1 is 1.21 bits per heavy atom. The Balaban J connectivity index is 1.29. The quantitative estimate of drug-likeness (QED) is 0.216. The van der Waals surface area contributed by atoms with Crippen LogP contribution in [0.3, 0.4) is 0 Å². The van der Waals surface area contributed by atoms with Gasteiger partial charge >= 0.3 is 5.97 Å². The summed E-state index contributed by atoms with van der Waals surface area (Å²) in [6.45, 7) is 0. The summed E-state index contributed by atoms with van der Waals surface area (Å²) in [7, 11) is 0. The predicted molar refractivity (Wildman–Crippen MR) is 145 cm³/mol. The summed E-state index contributed by atoms with van der Waals surface area (Å²) in [6.07, 6.45) is 2.23. The molecule has 1 aromatic carbocycles. The molecule has 3 aromatic rings. The number of halogens is 3. The number of carboxylic acids is 1. The molecule has 39 heavy (non-hydrogen) atoms. The van der Waals surface area contributed by atoms with Crippen LogP contribution in [0.2, 0.25) is 0 Å². The molecule has 5 rings (SSSR count). The Morgan fingerprint density at radius 3 is 2.72 bits per heavy atom. The lowest BCUT2D eigenvalue weighted by molar-refractivity contribution is -0.150. The van der Waals surface area contributed by atoms with Gasteiger partial charge in [0, 0.05) is 28.5 Å². The van der Waals surface area contributed by atoms with E-state index in [0.717, 1.165) is 38.9 Å². The summed E-state index contributed by atoms with van der Waals surface area (Å²) in [4.78, 5) is 51.7. The van der Waals surface area contributed by atoms with Gasteiger partial charge in [0.2, 0.25) is 5.91 Å². The Hall–Kier alpha value is -3.07. The smallest absolute Gasteiger partial charge is 0.352 e. The zero-order chi connectivity index (χ0) is 27.8. The molecule has 202 valence electrons. The maximum Gasteiger partial charge on any atom is 0.352 e. The fraction of sp³-hybridized carbons (Fsp3) is 0.200. The zero-order valence-corrected chi connectivity index (χ0v) is 22.9. The number of rotatable bonds is 8. The number of benzene rings is 1. The highest BCUT2D eigenvalue weighted by molar-refractivity contribution is 8.04. The van der Waals surface area contributed by atoms with E-state index in [-0.39, 0.29) is 38.1 Å². The lowest BCUT2D eigenvalue weighted by Gasteiger charge is -2.49. The molecule has 7 nitrogen and oxygen atoms in total. The van der Waals surface area contributed by atoms with Gasteiger partial charge in [0.05, 0.1) is 8.91 Å². The first-order chi connectivity index (χ1) is 18.7. The van der Waals surface area contributed by atoms with Gasteiger partial charge < -0.3 is 10.4 Å². The molecule has 4 heterocycles. The van der Waals surface area contributed by atoms with Crippen molar-refractivity contribution < 1.29 is 32.7 Å². The fourth-order valence-corrected chi connectivity index (χ4v) is 8.12. The normalized spacial score (nSPS) is 18.9. The Morgan fingerprint density at radius 2 is 2.00 bits per heavy atom. The van der Waals surface area contributed by atoms with E-state index in [1.807, 2.05) is 17.5 Å². The first-order valence-corrected chi connectivity index (χ1v) is 15.0. The maximum atomic E-state index is 14.2. The third-order valence-corrected chi connectivity index (χ3v) is 10.3. The van der Waals surface area contributed by atoms with Crippen LogP contribution in [0.4, 0.5) is 13.2 Å². The van der Waals surface area contributed by atoms with E-state index < -0.39 is 46.2 Å². The third kappa shape index (κ3) is 5.38. The summed E-state index contributed by atoms with van der Waals surface area (Å²) >= 11 is 4.56. The fourth-order valence-electron chi connectivity index (χ4n) is 4.13. The summed E-state index contributed by atoms with van der Waals surface area (Å²) in [5.74, 6) is -6.46. The molecule has 0 spiro atoms. The second kappa shape index (κ2) is 11.2. The highest BCUT2D eigenvalue weighted by atomic mass is 32.2. The number of nitrogens with one attached hydrogen (secondary N) is 1. The van der Waals surface area contributed by atoms with E-state index >= 15 is 0 Å². The van der Waals surface area contributed by atoms with Crippen LogP contribution in [0, 0.1) is 17.5 Å². The number of hydrogen-bond donors (Lipinski definition) is 2. The maximum absolute atomic E-state index is 14.2. The van der Waals surface area contributed by atoms with Gasteiger partial charge in [0.15, 0.2) is 22.9 Å². The van der Waals surface area contributed by atoms with Crippen LogP contribution in [-0.4, -0.2) is 45.0 Å². The number of hydrogen-bond acceptors (Lipinski definition) is 8. The van der Waals surface area contributed by atoms with Crippen molar-refractivity contribution >= 4 is 74.1 Å². The molecule has 0 bridgehead atoms. The van der Waals surface area contributed by atoms with Crippen molar-refractivity contribution in [3.8, 4) is 0 Å². The minimum absolute atomic E-state index is 0.208. The molecule has 2 aromatic heterocycles. The molecule has 1 unspecified atom stereocenters. The van der Waals surface area contributed by atoms with Crippen LogP contribution in [0.15, 0.2) is 61.4 Å². The van der Waals surface area contributed by atoms with Crippen molar-refractivity contribution in [2.45, 2.75) is 28.5 Å². The van der Waals surface area contributed by atoms with Gasteiger partial charge in [-0.25, -0.2) is 18.0 Å². The molecule has 2 amide bonds. The molecule has 0 radical (unpaired) electrons. The van der Waals surface area contributed by atoms with Crippen molar-refractivity contribution in [3.05, 3.63) is 85.0 Å². The Kier molecular flexibility index (Phi) is 7.89. The monoisotopic (exact) mass is 610 g/mol. The number of nitrogens with zero attached hydrogens (tertiary/aromatic N) is 1. The van der Waals surface area contributed by atoms with E-state index in [2.05, 4.69) is 5.32 Å². The Bertz CT molecular complexity index is 1620. The second-order valence-corrected chi connectivity index (χ2v) is 12.8. The number of allylic oxidation sites excluding steroid dienone is 1. The molecule has 2 atom stereocenters. The number of thiophene rings is 1. The van der Waals surface area contributed by atoms with Gasteiger partial charge in [-0.05, 0) is 41.0 Å². The van der Waals surface area contributed by atoms with Crippen molar-refractivity contribution in [2.75, 3.05) is 5.75 Å². The Labute approximate surface area is 235 Å². The standard InChI is InChI=1S/C25H17F3N2O5S4/c26-14-8-13-15(31)9-17(39-22(13)19(28)18(14)27)37-7-5-11-10-38-24-20(23(33)30(24)21(11)25(34)35)29-16(32)4-3-12-2-1-6-36-12/h1-2,5-9,20,24H,3-4,10H2,(H,29,32)(H,34,35)/t20?,24-/m0/s1. The van der Waals surface area contributed by atoms with Crippen LogP contribution in [-0.2, 0) is 20.8 Å². The lowest BCUT2D eigenvalue weighted by atomic mass is 10.0. The number of amides is 2. The average Bonchev–Trinajstić information content (AvgIpc) is 3.43. The number of carbonyl (C=O) groups is 3. The molecule has 1 fully saturated rings. The minimum atomic E-state index is -1.67. The van der Waals surface area contributed by atoms with Gasteiger partial charge in [-0.2, -0.15) is 0 Å². The number of fused-ring (bicyclic) bond motifs is 2. The summed E-state index contributed by atoms with van der Waals surface area (Å²) in [6, 6.07) is 4.79. The molecular weight excluding hydrogens is 594 g/mol. The van der Waals surface area contributed by atoms with E-state index in [1.165, 1.54) is 34.6 Å². The minimum Gasteiger partial charge on any atom is -0.477 e. The molecule has 0 aliphatic carbocycles. The first kappa shape index (κ1) is 27.5. The topological polar surface area (TPSA) is 104 Å². The van der Waals surface area contributed by atoms with Crippen molar-refractivity contribution in [1.82, 2.24) is 10.2 Å². The zero-order valence-electron chi connectivity index (χ0n) is 19.6. The number of β-lactam (4-membered cyclic amide) rings is 1. The molecular formula is C25H17F3N2O5S4. The van der Waals surface area contributed by atoms with Crippen LogP contribution in [0.5, 0.6) is 0 Å². The average molecular weight is 611 g/mol. The van der Waals surface area contributed by atoms with Crippen molar-refractivity contribution in [2.24, 2.45) is 0 Å². The van der Waals surface area contributed by atoms with Crippen LogP contribution < -0.4 is 10.7 Å². The van der Waals surface area contributed by atoms with Crippen molar-refractivity contribution in [1.29, 1.82) is 0 Å². The molecule has 2 aliphatic rings. The number of thioether (sulfide) groups is 2. The van der Waals surface area contributed by atoms with Gasteiger partial charge in [-0.15, -0.1) is 34.4 Å². The van der Waals surface area contributed by atoms with Gasteiger partial charge in [-0.3, -0.25) is 19.3 Å². The first-order valence-electron chi connectivity index (χ1n) is 11.3. The number of carbonyl (C=O) groups excluding carboxylic acids is 2. The van der Waals surface area contributed by atoms with Crippen LogP contribution in [0.25, 0.3) is 10.1 Å². The van der Waals surface area contributed by atoms with Gasteiger partial charge in [0.1, 0.15) is 17.1 Å². The van der Waals surface area contributed by atoms with E-state index in [0.29, 0.717) is 18.1 Å². The highest BCUT2D eigenvalue weighted by Gasteiger charge is 2.53. The van der Waals surface area contributed by atoms with Gasteiger partial charge in [0.25, 0.3) is 5.91 Å². The third-order valence-electron chi connectivity index (χ3n) is 5.98. The number of carboxylic acid groups (broad SMARTS) is 1.